The Labute approximate surface area is 85.9 Å². The third-order valence-corrected chi connectivity index (χ3v) is 2.92. The van der Waals surface area contributed by atoms with E-state index in [0.29, 0.717) is 10.8 Å². The molecule has 0 spiro atoms. The number of hydrogen-bond donors (Lipinski definition) is 2. The monoisotopic (exact) mass is 204 g/mol. The van der Waals surface area contributed by atoms with Gasteiger partial charge in [0, 0.05) is 0 Å². The van der Waals surface area contributed by atoms with Crippen LogP contribution in [0, 0.1) is 20.8 Å². The van der Waals surface area contributed by atoms with E-state index in [4.69, 9.17) is 0 Å². The van der Waals surface area contributed by atoms with Gasteiger partial charge in [0.1, 0.15) is 0 Å². The first-order valence-electron chi connectivity index (χ1n) is 4.74. The zero-order chi connectivity index (χ0) is 11.2. The third kappa shape index (κ3) is 1.29. The van der Waals surface area contributed by atoms with Crippen LogP contribution in [0.15, 0.2) is 15.7 Å². The number of nitrogens with one attached hydrogen (secondary N) is 2. The highest BCUT2D eigenvalue weighted by Crippen LogP contribution is 2.18. The largest absolute Gasteiger partial charge is 0.270 e. The maximum Gasteiger partial charge on any atom is 0.270 e. The molecule has 0 saturated heterocycles. The molecule has 1 heterocycles. The molecule has 0 aliphatic carbocycles. The summed E-state index contributed by atoms with van der Waals surface area (Å²) in [6.45, 7) is 5.74. The molecule has 0 amide bonds. The summed E-state index contributed by atoms with van der Waals surface area (Å²) in [4.78, 5) is 23.1. The number of aryl methyl sites for hydroxylation is 2. The zero-order valence-electron chi connectivity index (χ0n) is 8.89. The molecule has 0 atom stereocenters. The quantitative estimate of drug-likeness (QED) is 0.675. The van der Waals surface area contributed by atoms with Crippen LogP contribution in [0.1, 0.15) is 16.7 Å². The summed E-state index contributed by atoms with van der Waals surface area (Å²) in [7, 11) is 0. The topological polar surface area (TPSA) is 65.7 Å². The summed E-state index contributed by atoms with van der Waals surface area (Å²) in [5, 5.41) is 5.61. The molecule has 2 rings (SSSR count). The highest BCUT2D eigenvalue weighted by Gasteiger charge is 2.09. The van der Waals surface area contributed by atoms with Gasteiger partial charge >= 0.3 is 0 Å². The van der Waals surface area contributed by atoms with Crippen LogP contribution >= 0.6 is 0 Å². The van der Waals surface area contributed by atoms with Crippen molar-refractivity contribution < 1.29 is 0 Å². The lowest BCUT2D eigenvalue weighted by Crippen LogP contribution is -2.20. The highest BCUT2D eigenvalue weighted by atomic mass is 16.1. The second kappa shape index (κ2) is 3.08. The molecule has 0 saturated carbocycles. The molecule has 4 heteroatoms. The Morgan fingerprint density at radius 2 is 1.53 bits per heavy atom. The van der Waals surface area contributed by atoms with Crippen molar-refractivity contribution in [2.24, 2.45) is 0 Å². The maximum absolute atomic E-state index is 11.6. The van der Waals surface area contributed by atoms with Gasteiger partial charge in [0.15, 0.2) is 0 Å². The molecule has 1 aromatic heterocycles. The Bertz CT molecular complexity index is 650. The number of aromatic nitrogens is 2. The van der Waals surface area contributed by atoms with Crippen LogP contribution in [0.4, 0.5) is 0 Å². The van der Waals surface area contributed by atoms with Gasteiger partial charge in [0.05, 0.1) is 10.8 Å². The Hall–Kier alpha value is -1.84. The maximum atomic E-state index is 11.6. The molecule has 2 aromatic rings. The van der Waals surface area contributed by atoms with E-state index in [1.807, 2.05) is 20.8 Å². The van der Waals surface area contributed by atoms with Crippen molar-refractivity contribution in [2.75, 3.05) is 0 Å². The fraction of sp³-hybridized carbons (Fsp3) is 0.273. The molecule has 4 nitrogen and oxygen atoms in total. The number of aromatic amines is 2. The van der Waals surface area contributed by atoms with Crippen molar-refractivity contribution in [3.05, 3.63) is 43.5 Å². The van der Waals surface area contributed by atoms with Crippen LogP contribution in [-0.2, 0) is 0 Å². The van der Waals surface area contributed by atoms with Crippen LogP contribution < -0.4 is 11.1 Å². The minimum absolute atomic E-state index is 0.245. The lowest BCUT2D eigenvalue weighted by Gasteiger charge is -2.07. The van der Waals surface area contributed by atoms with E-state index < -0.39 is 0 Å². The molecule has 0 fully saturated rings. The highest BCUT2D eigenvalue weighted by molar-refractivity contribution is 5.85. The van der Waals surface area contributed by atoms with Gasteiger partial charge in [-0.05, 0) is 43.5 Å². The van der Waals surface area contributed by atoms with Crippen LogP contribution in [-0.4, -0.2) is 10.2 Å². The lowest BCUT2D eigenvalue weighted by atomic mass is 9.98. The summed E-state index contributed by atoms with van der Waals surface area (Å²) < 4.78 is 0. The Morgan fingerprint density at radius 3 is 2.20 bits per heavy atom. The van der Waals surface area contributed by atoms with Crippen LogP contribution in [0.5, 0.6) is 0 Å². The predicted octanol–water partition coefficient (Wildman–Crippen LogP) is 1.14. The van der Waals surface area contributed by atoms with Gasteiger partial charge in [0.2, 0.25) is 0 Å². The molecule has 2 N–H and O–H groups in total. The molecular weight excluding hydrogens is 192 g/mol. The van der Waals surface area contributed by atoms with Crippen molar-refractivity contribution in [1.29, 1.82) is 0 Å². The minimum atomic E-state index is -0.254. The molecule has 15 heavy (non-hydrogen) atoms. The smallest absolute Gasteiger partial charge is 0.267 e. The predicted molar refractivity (Wildman–Crippen MR) is 59.4 cm³/mol. The zero-order valence-corrected chi connectivity index (χ0v) is 8.89. The summed E-state index contributed by atoms with van der Waals surface area (Å²) in [6.07, 6.45) is 0. The summed E-state index contributed by atoms with van der Waals surface area (Å²) in [5.41, 5.74) is 2.45. The average Bonchev–Trinajstić information content (AvgIpc) is 2.20. The van der Waals surface area contributed by atoms with Gasteiger partial charge < -0.3 is 0 Å². The molecule has 1 aromatic carbocycles. The van der Waals surface area contributed by atoms with Gasteiger partial charge in [-0.15, -0.1) is 0 Å². The van der Waals surface area contributed by atoms with Crippen molar-refractivity contribution in [1.82, 2.24) is 10.2 Å². The second-order valence-corrected chi connectivity index (χ2v) is 3.77. The molecule has 0 radical (unpaired) electrons. The average molecular weight is 204 g/mol. The fourth-order valence-electron chi connectivity index (χ4n) is 1.80. The van der Waals surface area contributed by atoms with E-state index in [1.165, 1.54) is 0 Å². The van der Waals surface area contributed by atoms with E-state index in [0.717, 1.165) is 16.7 Å². The fourth-order valence-corrected chi connectivity index (χ4v) is 1.80. The first-order valence-corrected chi connectivity index (χ1v) is 4.74. The van der Waals surface area contributed by atoms with Gasteiger partial charge in [-0.1, -0.05) is 0 Å². The molecule has 0 aliphatic heterocycles. The van der Waals surface area contributed by atoms with E-state index in [2.05, 4.69) is 10.2 Å². The number of benzene rings is 1. The van der Waals surface area contributed by atoms with Gasteiger partial charge in [-0.3, -0.25) is 19.8 Å². The number of hydrogen-bond acceptors (Lipinski definition) is 2. The standard InChI is InChI=1S/C11H12N2O2/c1-5-4-8-9(7(3)6(5)2)11(15)13-12-10(8)14/h4H,1-3H3,(H,12,14)(H,13,15). The first-order chi connectivity index (χ1) is 7.02. The van der Waals surface area contributed by atoms with E-state index in [9.17, 15) is 9.59 Å². The van der Waals surface area contributed by atoms with E-state index >= 15 is 0 Å². The van der Waals surface area contributed by atoms with Crippen molar-refractivity contribution in [3.8, 4) is 0 Å². The number of fused-ring (bicyclic) bond motifs is 1. The second-order valence-electron chi connectivity index (χ2n) is 3.77. The van der Waals surface area contributed by atoms with E-state index in [-0.39, 0.29) is 11.1 Å². The van der Waals surface area contributed by atoms with Crippen molar-refractivity contribution in [3.63, 3.8) is 0 Å². The number of rotatable bonds is 0. The molecular formula is C11H12N2O2. The van der Waals surface area contributed by atoms with Gasteiger partial charge in [0.25, 0.3) is 11.1 Å². The third-order valence-electron chi connectivity index (χ3n) is 2.92. The summed E-state index contributed by atoms with van der Waals surface area (Å²) in [6, 6.07) is 1.76. The van der Waals surface area contributed by atoms with Crippen LogP contribution in [0.2, 0.25) is 0 Å². The minimum Gasteiger partial charge on any atom is -0.267 e. The molecule has 0 bridgehead atoms. The normalized spacial score (nSPS) is 10.9. The van der Waals surface area contributed by atoms with Crippen LogP contribution in [0.25, 0.3) is 10.8 Å². The van der Waals surface area contributed by atoms with E-state index in [1.54, 1.807) is 6.07 Å². The van der Waals surface area contributed by atoms with Crippen LogP contribution in [0.3, 0.4) is 0 Å². The lowest BCUT2D eigenvalue weighted by molar-refractivity contribution is 0.973. The summed E-state index contributed by atoms with van der Waals surface area (Å²) >= 11 is 0. The SMILES string of the molecule is Cc1cc2c(=O)[nH][nH]c(=O)c2c(C)c1C. The number of H-pyrrole nitrogens is 2. The molecule has 0 unspecified atom stereocenters. The molecule has 78 valence electrons. The first kappa shape index (κ1) is 9.71. The van der Waals surface area contributed by atoms with Crippen molar-refractivity contribution in [2.45, 2.75) is 20.8 Å². The summed E-state index contributed by atoms with van der Waals surface area (Å²) in [5.74, 6) is 0. The van der Waals surface area contributed by atoms with Gasteiger partial charge in [-0.25, -0.2) is 0 Å². The Balaban J connectivity index is 3.19. The molecule has 0 aliphatic rings. The Kier molecular flexibility index (Phi) is 2.00. The van der Waals surface area contributed by atoms with Crippen molar-refractivity contribution >= 4 is 10.8 Å². The van der Waals surface area contributed by atoms with Gasteiger partial charge in [-0.2, -0.15) is 0 Å². The Morgan fingerprint density at radius 1 is 0.933 bits per heavy atom.